The van der Waals surface area contributed by atoms with Gasteiger partial charge in [-0.25, -0.2) is 9.78 Å². The van der Waals surface area contributed by atoms with E-state index in [0.717, 1.165) is 42.0 Å². The number of hydrogen-bond donors (Lipinski definition) is 2. The number of carbonyl (C=O) groups excluding carboxylic acids is 1. The Bertz CT molecular complexity index is 983. The molecule has 1 aromatic carbocycles. The molecule has 1 saturated carbocycles. The number of carboxylic acid groups (broad SMARTS) is 1. The summed E-state index contributed by atoms with van der Waals surface area (Å²) in [5, 5.41) is 12.1. The van der Waals surface area contributed by atoms with Crippen molar-refractivity contribution in [1.29, 1.82) is 0 Å². The van der Waals surface area contributed by atoms with E-state index in [1.165, 1.54) is 0 Å². The van der Waals surface area contributed by atoms with E-state index < -0.39 is 12.0 Å². The van der Waals surface area contributed by atoms with E-state index >= 15 is 0 Å². The number of methoxy groups -OCH3 is 1. The second-order valence-corrected chi connectivity index (χ2v) is 9.58. The summed E-state index contributed by atoms with van der Waals surface area (Å²) in [5.74, 6) is 0.517. The lowest BCUT2D eigenvalue weighted by Gasteiger charge is -2.29. The Hall–Kier alpha value is -2.87. The highest BCUT2D eigenvalue weighted by atomic mass is 16.5. The van der Waals surface area contributed by atoms with Gasteiger partial charge in [0.15, 0.2) is 0 Å². The number of hydrogen-bond acceptors (Lipinski definition) is 6. The summed E-state index contributed by atoms with van der Waals surface area (Å²) in [7, 11) is 1.62. The molecule has 1 aromatic heterocycles. The first kappa shape index (κ1) is 25.7. The first-order valence-corrected chi connectivity index (χ1v) is 12.0. The summed E-state index contributed by atoms with van der Waals surface area (Å²) in [6.07, 6.45) is 2.91. The number of nitrogens with zero attached hydrogens (tertiary/aromatic N) is 1. The minimum absolute atomic E-state index is 0.0937. The number of carbonyl (C=O) groups is 2. The van der Waals surface area contributed by atoms with Crippen molar-refractivity contribution >= 4 is 11.9 Å². The standard InChI is InChI=1S/C26H36N2O6/c1-15(2)22(26(30)31)28-24(29)17-8-6-11-20(12-17)33-14-21-23(16(3)4)34-25(27-21)18-9-7-10-19(13-18)32-5/h7,9-10,13,15-17,20,22H,6,8,11-12,14H2,1-5H3,(H,28,29)(H,30,31)/t17?,20?,22-/m1/s1. The number of carboxylic acids is 1. The van der Waals surface area contributed by atoms with Crippen LogP contribution >= 0.6 is 0 Å². The van der Waals surface area contributed by atoms with Crippen LogP contribution in [0.2, 0.25) is 0 Å². The van der Waals surface area contributed by atoms with Crippen molar-refractivity contribution < 1.29 is 28.6 Å². The number of aromatic nitrogens is 1. The van der Waals surface area contributed by atoms with Crippen LogP contribution in [0.4, 0.5) is 0 Å². The summed E-state index contributed by atoms with van der Waals surface area (Å²) in [4.78, 5) is 28.9. The van der Waals surface area contributed by atoms with Gasteiger partial charge >= 0.3 is 5.97 Å². The zero-order valence-corrected chi connectivity index (χ0v) is 20.7. The van der Waals surface area contributed by atoms with Crippen LogP contribution in [0.3, 0.4) is 0 Å². The second-order valence-electron chi connectivity index (χ2n) is 9.58. The molecule has 0 aliphatic heterocycles. The minimum atomic E-state index is -1.01. The van der Waals surface area contributed by atoms with Gasteiger partial charge in [0.1, 0.15) is 23.2 Å². The van der Waals surface area contributed by atoms with Crippen LogP contribution in [0.1, 0.15) is 70.8 Å². The van der Waals surface area contributed by atoms with Crippen LogP contribution in [0.15, 0.2) is 28.7 Å². The molecule has 3 rings (SSSR count). The molecule has 1 aliphatic rings. The van der Waals surface area contributed by atoms with Crippen LogP contribution in [-0.4, -0.2) is 41.2 Å². The van der Waals surface area contributed by atoms with Gasteiger partial charge in [-0.3, -0.25) is 4.79 Å². The minimum Gasteiger partial charge on any atom is -0.497 e. The first-order chi connectivity index (χ1) is 16.2. The molecule has 0 spiro atoms. The van der Waals surface area contributed by atoms with Gasteiger partial charge in [-0.05, 0) is 43.4 Å². The highest BCUT2D eigenvalue weighted by Crippen LogP contribution is 2.31. The Balaban J connectivity index is 1.65. The van der Waals surface area contributed by atoms with Crippen LogP contribution in [0.25, 0.3) is 11.5 Å². The fraction of sp³-hybridized carbons (Fsp3) is 0.577. The Morgan fingerprint density at radius 2 is 2.00 bits per heavy atom. The van der Waals surface area contributed by atoms with Crippen LogP contribution in [0, 0.1) is 11.8 Å². The lowest BCUT2D eigenvalue weighted by Crippen LogP contribution is -2.47. The van der Waals surface area contributed by atoms with E-state index in [2.05, 4.69) is 5.32 Å². The average molecular weight is 473 g/mol. The van der Waals surface area contributed by atoms with E-state index in [1.54, 1.807) is 21.0 Å². The average Bonchev–Trinajstić information content (AvgIpc) is 3.25. The Kier molecular flexibility index (Phi) is 8.72. The summed E-state index contributed by atoms with van der Waals surface area (Å²) in [6.45, 7) is 7.97. The lowest BCUT2D eigenvalue weighted by atomic mass is 9.86. The van der Waals surface area contributed by atoms with Gasteiger partial charge in [0.05, 0.1) is 19.8 Å². The number of rotatable bonds is 10. The molecule has 0 radical (unpaired) electrons. The molecule has 0 bridgehead atoms. The van der Waals surface area contributed by atoms with Crippen molar-refractivity contribution in [2.75, 3.05) is 7.11 Å². The molecule has 1 aliphatic carbocycles. The van der Waals surface area contributed by atoms with Gasteiger partial charge in [0.2, 0.25) is 11.8 Å². The summed E-state index contributed by atoms with van der Waals surface area (Å²) >= 11 is 0. The van der Waals surface area contributed by atoms with Crippen molar-refractivity contribution in [3.05, 3.63) is 35.7 Å². The fourth-order valence-electron chi connectivity index (χ4n) is 4.31. The number of benzene rings is 1. The van der Waals surface area contributed by atoms with Crippen molar-refractivity contribution in [2.24, 2.45) is 11.8 Å². The molecule has 1 fully saturated rings. The van der Waals surface area contributed by atoms with E-state index in [4.69, 9.17) is 18.9 Å². The number of oxazole rings is 1. The van der Waals surface area contributed by atoms with E-state index in [1.807, 2.05) is 38.1 Å². The number of ether oxygens (including phenoxy) is 2. The fourth-order valence-corrected chi connectivity index (χ4v) is 4.31. The van der Waals surface area contributed by atoms with Crippen molar-refractivity contribution in [3.63, 3.8) is 0 Å². The highest BCUT2D eigenvalue weighted by molar-refractivity contribution is 5.85. The first-order valence-electron chi connectivity index (χ1n) is 12.0. The topological polar surface area (TPSA) is 111 Å². The second kappa shape index (κ2) is 11.5. The normalized spacial score (nSPS) is 19.3. The van der Waals surface area contributed by atoms with Crippen LogP contribution < -0.4 is 10.1 Å². The van der Waals surface area contributed by atoms with Gasteiger partial charge in [0, 0.05) is 17.4 Å². The Morgan fingerprint density at radius 1 is 1.24 bits per heavy atom. The van der Waals surface area contributed by atoms with E-state index in [0.29, 0.717) is 18.9 Å². The maximum atomic E-state index is 12.7. The molecular formula is C26H36N2O6. The van der Waals surface area contributed by atoms with E-state index in [9.17, 15) is 14.7 Å². The highest BCUT2D eigenvalue weighted by Gasteiger charge is 2.32. The summed E-state index contributed by atoms with van der Waals surface area (Å²) in [5.41, 5.74) is 1.59. The van der Waals surface area contributed by atoms with Gasteiger partial charge in [-0.15, -0.1) is 0 Å². The third-order valence-corrected chi connectivity index (χ3v) is 6.25. The number of amides is 1. The smallest absolute Gasteiger partial charge is 0.326 e. The monoisotopic (exact) mass is 472 g/mol. The van der Waals surface area contributed by atoms with Crippen molar-refractivity contribution in [1.82, 2.24) is 10.3 Å². The molecule has 3 atom stereocenters. The molecule has 2 unspecified atom stereocenters. The maximum Gasteiger partial charge on any atom is 0.326 e. The van der Waals surface area contributed by atoms with Gasteiger partial charge in [-0.2, -0.15) is 0 Å². The Labute approximate surface area is 201 Å². The number of aliphatic carboxylic acids is 1. The van der Waals surface area contributed by atoms with Gasteiger partial charge in [-0.1, -0.05) is 40.2 Å². The molecule has 0 saturated heterocycles. The zero-order chi connectivity index (χ0) is 24.8. The van der Waals surface area contributed by atoms with Crippen molar-refractivity contribution in [3.8, 4) is 17.2 Å². The molecule has 8 heteroatoms. The third-order valence-electron chi connectivity index (χ3n) is 6.25. The molecule has 1 heterocycles. The summed E-state index contributed by atoms with van der Waals surface area (Å²) < 4.78 is 17.6. The summed E-state index contributed by atoms with van der Waals surface area (Å²) in [6, 6.07) is 6.69. The van der Waals surface area contributed by atoms with Crippen LogP contribution in [0.5, 0.6) is 5.75 Å². The molecule has 34 heavy (non-hydrogen) atoms. The van der Waals surface area contributed by atoms with Crippen molar-refractivity contribution in [2.45, 2.75) is 78.0 Å². The van der Waals surface area contributed by atoms with Crippen LogP contribution in [-0.2, 0) is 20.9 Å². The molecule has 186 valence electrons. The molecule has 2 aromatic rings. The quantitative estimate of drug-likeness (QED) is 0.512. The predicted octanol–water partition coefficient (Wildman–Crippen LogP) is 4.77. The third kappa shape index (κ3) is 6.38. The van der Waals surface area contributed by atoms with Gasteiger partial charge in [0.25, 0.3) is 0 Å². The zero-order valence-electron chi connectivity index (χ0n) is 20.7. The maximum absolute atomic E-state index is 12.7. The molecular weight excluding hydrogens is 436 g/mol. The molecule has 8 nitrogen and oxygen atoms in total. The van der Waals surface area contributed by atoms with Gasteiger partial charge < -0.3 is 24.3 Å². The number of nitrogens with one attached hydrogen (secondary N) is 1. The molecule has 1 amide bonds. The largest absolute Gasteiger partial charge is 0.497 e. The predicted molar refractivity (Wildman–Crippen MR) is 128 cm³/mol. The SMILES string of the molecule is COc1cccc(-c2nc(COC3CCCC(C(=O)N[C@@H](C(=O)O)C(C)C)C3)c(C(C)C)o2)c1. The molecule has 2 N–H and O–H groups in total. The lowest BCUT2D eigenvalue weighted by molar-refractivity contribution is -0.144. The van der Waals surface area contributed by atoms with E-state index in [-0.39, 0.29) is 29.8 Å². The Morgan fingerprint density at radius 3 is 2.65 bits per heavy atom.